The Bertz CT molecular complexity index is 883. The Balaban J connectivity index is 2.04. The normalized spacial score (nSPS) is 36.2. The van der Waals surface area contributed by atoms with E-state index in [-0.39, 0.29) is 6.61 Å². The zero-order valence-electron chi connectivity index (χ0n) is 19.3. The van der Waals surface area contributed by atoms with Crippen molar-refractivity contribution in [3.05, 3.63) is 37.0 Å². The van der Waals surface area contributed by atoms with E-state index in [2.05, 4.69) is 30.3 Å². The molecular weight excluding hydrogens is 480 g/mol. The van der Waals surface area contributed by atoms with Gasteiger partial charge in [-0.05, 0) is 30.1 Å². The van der Waals surface area contributed by atoms with Crippen molar-refractivity contribution >= 4 is 0 Å². The van der Waals surface area contributed by atoms with Crippen LogP contribution in [0.1, 0.15) is 0 Å². The van der Waals surface area contributed by atoms with Crippen molar-refractivity contribution in [1.29, 1.82) is 0 Å². The minimum absolute atomic E-state index is 0.141. The van der Waals surface area contributed by atoms with Crippen molar-refractivity contribution in [3.63, 3.8) is 0 Å². The lowest BCUT2D eigenvalue weighted by Crippen LogP contribution is -2.60. The van der Waals surface area contributed by atoms with Crippen LogP contribution < -0.4 is 0 Å². The summed E-state index contributed by atoms with van der Waals surface area (Å²) in [4.78, 5) is 0. The molecule has 0 aromatic heterocycles. The first-order valence-corrected chi connectivity index (χ1v) is 11.0. The molecular formula is C24H32O12. The summed E-state index contributed by atoms with van der Waals surface area (Å²) in [6, 6.07) is 0. The molecule has 0 saturated carbocycles. The van der Waals surface area contributed by atoms with Gasteiger partial charge in [-0.25, -0.2) is 0 Å². The molecule has 12 heteroatoms. The number of aliphatic hydroxyl groups excluding tert-OH is 7. The van der Waals surface area contributed by atoms with Gasteiger partial charge in [0.05, 0.1) is 26.4 Å². The third kappa shape index (κ3) is 7.93. The van der Waals surface area contributed by atoms with Crippen LogP contribution in [-0.2, 0) is 18.9 Å². The molecule has 8 N–H and O–H groups in total. The van der Waals surface area contributed by atoms with E-state index in [4.69, 9.17) is 24.1 Å². The predicted molar refractivity (Wildman–Crippen MR) is 122 cm³/mol. The average molecular weight is 513 g/mol. The van der Waals surface area contributed by atoms with Gasteiger partial charge < -0.3 is 59.8 Å². The van der Waals surface area contributed by atoms with Crippen molar-refractivity contribution in [2.75, 3.05) is 26.4 Å². The van der Waals surface area contributed by atoms with Crippen LogP contribution in [-0.4, -0.2) is 128 Å². The Hall–Kier alpha value is -2.14. The molecule has 2 aliphatic rings. The Morgan fingerprint density at radius 3 is 2.33 bits per heavy atom. The molecule has 2 rings (SSSR count). The van der Waals surface area contributed by atoms with Crippen molar-refractivity contribution < 1.29 is 59.8 Å². The molecule has 2 heterocycles. The summed E-state index contributed by atoms with van der Waals surface area (Å²) in [6.45, 7) is 1.73. The molecule has 0 aromatic rings. The summed E-state index contributed by atoms with van der Waals surface area (Å²) in [5, 5.41) is 79.0. The highest BCUT2D eigenvalue weighted by Gasteiger charge is 2.50. The van der Waals surface area contributed by atoms with Gasteiger partial charge in [-0.2, -0.15) is 0 Å². The fourth-order valence-corrected chi connectivity index (χ4v) is 3.23. The highest BCUT2D eigenvalue weighted by molar-refractivity contribution is 5.34. The molecule has 200 valence electrons. The molecule has 0 aliphatic carbocycles. The third-order valence-electron chi connectivity index (χ3n) is 5.42. The Morgan fingerprint density at radius 1 is 1.03 bits per heavy atom. The standard InChI is InChI=1S/C24H32O12/c1-2-15(27)16(10-8-6-4-3-5-7-9-11-25)35-22-20(30)19(29)18(28)17(36-22)12-33-23-21(31)24(32,13-26)14-34-23/h2,7-10,15-23,25-32H,1,11-14H2/b9-7+,10-8+/t15-,16-,17-,18-,19+,20-,21+,22-,23-,24-/m1/s1. The fourth-order valence-electron chi connectivity index (χ4n) is 3.23. The highest BCUT2D eigenvalue weighted by atomic mass is 16.7. The molecule has 36 heavy (non-hydrogen) atoms. The van der Waals surface area contributed by atoms with Gasteiger partial charge in [-0.15, -0.1) is 6.58 Å². The molecule has 0 aromatic carbocycles. The zero-order chi connectivity index (χ0) is 26.7. The highest BCUT2D eigenvalue weighted by Crippen LogP contribution is 2.28. The predicted octanol–water partition coefficient (Wildman–Crippen LogP) is -3.71. The fraction of sp³-hybridized carbons (Fsp3) is 0.583. The van der Waals surface area contributed by atoms with E-state index in [9.17, 15) is 35.7 Å². The number of ether oxygens (including phenoxy) is 4. The van der Waals surface area contributed by atoms with Crippen LogP contribution >= 0.6 is 0 Å². The second-order valence-corrected chi connectivity index (χ2v) is 8.04. The number of aliphatic hydroxyl groups is 8. The second-order valence-electron chi connectivity index (χ2n) is 8.04. The van der Waals surface area contributed by atoms with Crippen molar-refractivity contribution in [1.82, 2.24) is 0 Å². The van der Waals surface area contributed by atoms with E-state index in [0.29, 0.717) is 0 Å². The van der Waals surface area contributed by atoms with Gasteiger partial charge in [0.15, 0.2) is 12.6 Å². The summed E-state index contributed by atoms with van der Waals surface area (Å²) >= 11 is 0. The SMILES string of the molecule is C=C[C@@H](O)[C@@H](/C=C/C#CC#C/C=C/CO)O[C@@H]1O[C@H](CO[C@@H]2OC[C@](O)(CO)[C@H]2O)[C@@H](O)[C@H](O)[C@H]1O. The van der Waals surface area contributed by atoms with E-state index < -0.39 is 80.7 Å². The minimum Gasteiger partial charge on any atom is -0.393 e. The van der Waals surface area contributed by atoms with Gasteiger partial charge in [-0.3, -0.25) is 0 Å². The largest absolute Gasteiger partial charge is 0.393 e. The summed E-state index contributed by atoms with van der Waals surface area (Å²) in [6.07, 6.45) is -6.40. The van der Waals surface area contributed by atoms with Crippen LogP contribution in [0.5, 0.6) is 0 Å². The smallest absolute Gasteiger partial charge is 0.187 e. The Morgan fingerprint density at radius 2 is 1.72 bits per heavy atom. The molecule has 0 radical (unpaired) electrons. The summed E-state index contributed by atoms with van der Waals surface area (Å²) in [7, 11) is 0. The van der Waals surface area contributed by atoms with Crippen LogP contribution in [0.3, 0.4) is 0 Å². The van der Waals surface area contributed by atoms with Crippen molar-refractivity contribution in [2.24, 2.45) is 0 Å². The molecule has 2 fully saturated rings. The van der Waals surface area contributed by atoms with Gasteiger partial charge in [0, 0.05) is 0 Å². The van der Waals surface area contributed by atoms with E-state index in [1.165, 1.54) is 30.4 Å². The molecule has 0 unspecified atom stereocenters. The molecule has 0 spiro atoms. The van der Waals surface area contributed by atoms with Crippen LogP contribution in [0.15, 0.2) is 37.0 Å². The number of rotatable bonds is 10. The molecule has 0 bridgehead atoms. The summed E-state index contributed by atoms with van der Waals surface area (Å²) in [5.74, 6) is 10.2. The maximum absolute atomic E-state index is 10.3. The molecule has 12 nitrogen and oxygen atoms in total. The first-order chi connectivity index (χ1) is 17.2. The quantitative estimate of drug-likeness (QED) is 0.105. The van der Waals surface area contributed by atoms with E-state index >= 15 is 0 Å². The number of allylic oxidation sites excluding steroid dienone is 2. The maximum atomic E-state index is 10.3. The first-order valence-electron chi connectivity index (χ1n) is 11.0. The van der Waals surface area contributed by atoms with Crippen LogP contribution in [0.4, 0.5) is 0 Å². The van der Waals surface area contributed by atoms with E-state index in [0.717, 1.165) is 0 Å². The van der Waals surface area contributed by atoms with Crippen molar-refractivity contribution in [2.45, 2.75) is 60.9 Å². The Labute approximate surface area is 208 Å². The molecule has 10 atom stereocenters. The molecule has 0 amide bonds. The van der Waals surface area contributed by atoms with Crippen LogP contribution in [0, 0.1) is 23.7 Å². The third-order valence-corrected chi connectivity index (χ3v) is 5.42. The monoisotopic (exact) mass is 512 g/mol. The minimum atomic E-state index is -1.91. The average Bonchev–Trinajstić information content (AvgIpc) is 3.17. The van der Waals surface area contributed by atoms with Gasteiger partial charge in [-0.1, -0.05) is 24.0 Å². The molecule has 2 aliphatic heterocycles. The van der Waals surface area contributed by atoms with E-state index in [1.807, 2.05) is 0 Å². The lowest BCUT2D eigenvalue weighted by atomic mass is 9.99. The number of hydrogen-bond donors (Lipinski definition) is 8. The second kappa shape index (κ2) is 14.6. The van der Waals surface area contributed by atoms with Gasteiger partial charge in [0.1, 0.15) is 48.3 Å². The topological polar surface area (TPSA) is 199 Å². The summed E-state index contributed by atoms with van der Waals surface area (Å²) < 4.78 is 21.6. The molecule has 2 saturated heterocycles. The van der Waals surface area contributed by atoms with Crippen molar-refractivity contribution in [3.8, 4) is 23.7 Å². The maximum Gasteiger partial charge on any atom is 0.187 e. The van der Waals surface area contributed by atoms with Crippen LogP contribution in [0.25, 0.3) is 0 Å². The zero-order valence-corrected chi connectivity index (χ0v) is 19.3. The van der Waals surface area contributed by atoms with E-state index in [1.54, 1.807) is 0 Å². The first kappa shape index (κ1) is 30.1. The lowest BCUT2D eigenvalue weighted by Gasteiger charge is -2.41. The lowest BCUT2D eigenvalue weighted by molar-refractivity contribution is -0.318. The van der Waals surface area contributed by atoms with Gasteiger partial charge in [0.2, 0.25) is 0 Å². The van der Waals surface area contributed by atoms with Gasteiger partial charge in [0.25, 0.3) is 0 Å². The number of hydrogen-bond acceptors (Lipinski definition) is 12. The van der Waals surface area contributed by atoms with Gasteiger partial charge >= 0.3 is 0 Å². The summed E-state index contributed by atoms with van der Waals surface area (Å²) in [5.41, 5.74) is -1.91. The Kier molecular flexibility index (Phi) is 12.2. The van der Waals surface area contributed by atoms with Crippen LogP contribution in [0.2, 0.25) is 0 Å².